The molecule has 21 heterocycles. The second-order valence-electron chi connectivity index (χ2n) is 24.4. The number of ether oxygens (including phenoxy) is 14. The molecule has 21 fully saturated rings. The van der Waals surface area contributed by atoms with E-state index in [1.165, 1.54) is 48.5 Å². The van der Waals surface area contributed by atoms with Crippen molar-refractivity contribution in [3.8, 4) is 0 Å². The van der Waals surface area contributed by atoms with Crippen molar-refractivity contribution < 1.29 is 189 Å². The van der Waals surface area contributed by atoms with E-state index in [-0.39, 0.29) is 0 Å². The van der Waals surface area contributed by atoms with Gasteiger partial charge in [0.1, 0.15) is 171 Å². The van der Waals surface area contributed by atoms with Crippen molar-refractivity contribution in [1.29, 1.82) is 0 Å². The van der Waals surface area contributed by atoms with E-state index in [9.17, 15) is 114 Å². The summed E-state index contributed by atoms with van der Waals surface area (Å²) < 4.78 is 146. The van der Waals surface area contributed by atoms with Gasteiger partial charge in [-0.25, -0.2) is 0 Å². The van der Waals surface area contributed by atoms with Crippen LogP contribution >= 0.6 is 0 Å². The van der Waals surface area contributed by atoms with Crippen LogP contribution in [-0.2, 0) is 94.9 Å². The van der Waals surface area contributed by atoms with Gasteiger partial charge in [0.15, 0.2) is 44.0 Å². The molecule has 2 aromatic rings. The fourth-order valence-corrected chi connectivity index (χ4v) is 14.1. The minimum atomic E-state index is -4.75. The molecule has 41 heteroatoms. The zero-order valence-corrected chi connectivity index (χ0v) is 52.9. The van der Waals surface area contributed by atoms with Crippen molar-refractivity contribution >= 4 is 20.2 Å². The third kappa shape index (κ3) is 16.0. The summed E-state index contributed by atoms with van der Waals surface area (Å²) in [6.07, 6.45) is -75.7. The van der Waals surface area contributed by atoms with Gasteiger partial charge in [-0.1, -0.05) is 35.4 Å². The third-order valence-corrected chi connectivity index (χ3v) is 20.4. The molecular formula is C56H82O39S2. The second kappa shape index (κ2) is 31.9. The summed E-state index contributed by atoms with van der Waals surface area (Å²) in [5, 5.41) is 216. The van der Waals surface area contributed by atoms with Gasteiger partial charge in [-0.05, 0) is 38.1 Å². The summed E-state index contributed by atoms with van der Waals surface area (Å²) in [7, 11) is -9.49. The van der Waals surface area contributed by atoms with Crippen LogP contribution in [0.15, 0.2) is 58.3 Å². The number of aliphatic hydroxyl groups is 19. The van der Waals surface area contributed by atoms with Crippen molar-refractivity contribution in [1.82, 2.24) is 0 Å². The lowest BCUT2D eigenvalue weighted by molar-refractivity contribution is -0.396. The largest absolute Gasteiger partial charge is 0.394 e. The Labute approximate surface area is 551 Å². The fourth-order valence-electron chi connectivity index (χ4n) is 12.2. The number of benzene rings is 2. The molecule has 21 saturated heterocycles. The molecule has 23 rings (SSSR count). The van der Waals surface area contributed by atoms with E-state index in [0.717, 1.165) is 0 Å². The van der Waals surface area contributed by atoms with E-state index >= 15 is 0 Å². The minimum Gasteiger partial charge on any atom is -0.394 e. The number of hydrogen-bond acceptors (Lipinski definition) is 39. The molecule has 0 saturated carbocycles. The summed E-state index contributed by atoms with van der Waals surface area (Å²) in [6, 6.07) is 10.5. The maximum atomic E-state index is 13.6. The summed E-state index contributed by atoms with van der Waals surface area (Å²) in [5.41, 5.74) is 1.29. The molecule has 35 atom stereocenters. The Morgan fingerprint density at radius 1 is 0.268 bits per heavy atom. The standard InChI is InChI=1S/C56H82O39S2/c1-18-3-7-20(8-4-18)96(76,77)80-16-27-48-35(68)42(75)56(88-27)93-47-26(15-61)84-52(38(71)31(47)64)91-45-24(13-59)86-54(40(73)33(45)66)95-49-28(17-81-97(78,79)21-9-5-19(2)6-10-21)87-55(41(74)34(49)67)92-46-25(14-60)83-51(37(70)30(46)63)89-43-22(11-57)82-50(36(69)29(43)62)90-44-23(12-58)85-53(94-48)39(72)32(44)65/h3-10,22-75H,11-17H2,1-2H3/t22-,23+,24-,25-,26+,27+,28-,29+,30+,31+,32-,33+,34+,35+,36+,37+,38+,39-,40+,41+,42-,43+,44+,45+,46+,47+,48+,49+,50+,51+,52+,53+,54+,55+,56+/m0/s1. The van der Waals surface area contributed by atoms with Crippen LogP contribution in [0.2, 0.25) is 0 Å². The molecule has 14 bridgehead atoms. The van der Waals surface area contributed by atoms with Crippen molar-refractivity contribution in [2.45, 2.75) is 239 Å². The van der Waals surface area contributed by atoms with Crippen LogP contribution < -0.4 is 0 Å². The van der Waals surface area contributed by atoms with Gasteiger partial charge in [0.05, 0.1) is 56.0 Å². The quantitative estimate of drug-likeness (QED) is 0.0828. The Bertz CT molecular complexity index is 2980. The summed E-state index contributed by atoms with van der Waals surface area (Å²) in [6.45, 7) is -4.70. The van der Waals surface area contributed by atoms with E-state index in [4.69, 9.17) is 74.7 Å². The first-order chi connectivity index (χ1) is 45.9. The normalized spacial score (nSPS) is 46.7. The number of aliphatic hydroxyl groups excluding tert-OH is 19. The molecule has 21 aliphatic heterocycles. The van der Waals surface area contributed by atoms with Crippen molar-refractivity contribution in [2.24, 2.45) is 0 Å². The molecule has 97 heavy (non-hydrogen) atoms. The Kier molecular flexibility index (Phi) is 25.2. The lowest BCUT2D eigenvalue weighted by Gasteiger charge is -2.50. The van der Waals surface area contributed by atoms with Gasteiger partial charge in [-0.15, -0.1) is 0 Å². The highest BCUT2D eigenvalue weighted by Gasteiger charge is 2.60. The Hall–Kier alpha value is -3.06. The number of aryl methyl sites for hydroxylation is 2. The first-order valence-corrected chi connectivity index (χ1v) is 33.4. The van der Waals surface area contributed by atoms with Crippen molar-refractivity contribution in [3.05, 3.63) is 59.7 Å². The van der Waals surface area contributed by atoms with Crippen LogP contribution in [0.4, 0.5) is 0 Å². The summed E-state index contributed by atoms with van der Waals surface area (Å²) in [5.74, 6) is 0. The lowest BCUT2D eigenvalue weighted by Crippen LogP contribution is -2.68. The zero-order chi connectivity index (χ0) is 70.4. The van der Waals surface area contributed by atoms with E-state index in [1.807, 2.05) is 0 Å². The summed E-state index contributed by atoms with van der Waals surface area (Å²) >= 11 is 0. The summed E-state index contributed by atoms with van der Waals surface area (Å²) in [4.78, 5) is -0.781. The SMILES string of the molecule is Cc1ccc(S(=O)(=O)OC[C@@H]2O[C@@H]3O[C@H]4[C@H](O)[C@@H](O)[C@@H](O[C@H]5[C@H](O)[C@@H](O)[C@@H](O[C@H]6[C@@H](O)[C@H](O)[C@@H](O[C@H]7[C@H](O)[C@H](O)[C@@H](O[C@H]8[C@H](O)[C@@H](O)[C@@H](O[C@H]9[C@H](O)[C@@H](O)[C@@H](O[C@H]2[C@H](O)[C@H]3O)O[C@H]9CO)O[C@@H]8CO)O[C@@H]7COS(=O)(=O)c2ccc(C)cc2)O[C@@H]6CO)O[C@H]5CO)O[C@H]4CO)cc1. The Balaban J connectivity index is 0.972. The van der Waals surface area contributed by atoms with Crippen LogP contribution in [0.5, 0.6) is 0 Å². The fraction of sp³-hybridized carbons (Fsp3) is 0.786. The molecule has 39 nitrogen and oxygen atoms in total. The highest BCUT2D eigenvalue weighted by molar-refractivity contribution is 7.87. The van der Waals surface area contributed by atoms with Crippen LogP contribution in [0, 0.1) is 13.8 Å². The molecular weight excluding hydrogens is 1360 g/mol. The molecule has 0 amide bonds. The van der Waals surface area contributed by atoms with Crippen LogP contribution in [-0.4, -0.2) is 375 Å². The van der Waals surface area contributed by atoms with Gasteiger partial charge < -0.3 is 163 Å². The highest BCUT2D eigenvalue weighted by Crippen LogP contribution is 2.40. The van der Waals surface area contributed by atoms with E-state index in [0.29, 0.717) is 11.1 Å². The molecule has 0 spiro atoms. The lowest BCUT2D eigenvalue weighted by atomic mass is 9.95. The molecule has 0 aliphatic carbocycles. The third-order valence-electron chi connectivity index (χ3n) is 17.8. The van der Waals surface area contributed by atoms with Gasteiger partial charge >= 0.3 is 0 Å². The highest BCUT2D eigenvalue weighted by atomic mass is 32.2. The Morgan fingerprint density at radius 2 is 0.433 bits per heavy atom. The van der Waals surface area contributed by atoms with Crippen molar-refractivity contribution in [3.63, 3.8) is 0 Å². The van der Waals surface area contributed by atoms with Crippen molar-refractivity contribution in [2.75, 3.05) is 46.2 Å². The average Bonchev–Trinajstić information content (AvgIpc) is 0.784. The first-order valence-electron chi connectivity index (χ1n) is 30.6. The van der Waals surface area contributed by atoms with Gasteiger partial charge in [0, 0.05) is 0 Å². The second-order valence-corrected chi connectivity index (χ2v) is 27.6. The predicted octanol–water partition coefficient (Wildman–Crippen LogP) is -11.8. The maximum Gasteiger partial charge on any atom is 0.297 e. The van der Waals surface area contributed by atoms with Gasteiger partial charge in [0.25, 0.3) is 20.2 Å². The number of hydrogen-bond donors (Lipinski definition) is 19. The monoisotopic (exact) mass is 1440 g/mol. The Morgan fingerprint density at radius 3 is 0.608 bits per heavy atom. The molecule has 19 N–H and O–H groups in total. The zero-order valence-electron chi connectivity index (χ0n) is 51.3. The van der Waals surface area contributed by atoms with Gasteiger partial charge in [-0.2, -0.15) is 16.8 Å². The first kappa shape index (κ1) is 76.6. The topological polar surface area (TPSA) is 600 Å². The van der Waals surface area contributed by atoms with E-state index in [1.54, 1.807) is 13.8 Å². The van der Waals surface area contributed by atoms with Gasteiger partial charge in [-0.3, -0.25) is 8.37 Å². The van der Waals surface area contributed by atoms with E-state index in [2.05, 4.69) is 0 Å². The van der Waals surface area contributed by atoms with E-state index < -0.39 is 291 Å². The van der Waals surface area contributed by atoms with Gasteiger partial charge in [0.2, 0.25) is 0 Å². The molecule has 0 radical (unpaired) electrons. The molecule has 552 valence electrons. The molecule has 2 aromatic carbocycles. The number of rotatable bonds is 13. The smallest absolute Gasteiger partial charge is 0.297 e. The van der Waals surface area contributed by atoms with Crippen LogP contribution in [0.1, 0.15) is 11.1 Å². The van der Waals surface area contributed by atoms with Crippen LogP contribution in [0.25, 0.3) is 0 Å². The average molecular weight is 1440 g/mol. The molecule has 21 aliphatic rings. The molecule has 0 unspecified atom stereocenters. The van der Waals surface area contributed by atoms with Crippen LogP contribution in [0.3, 0.4) is 0 Å². The maximum absolute atomic E-state index is 13.6. The predicted molar refractivity (Wildman–Crippen MR) is 303 cm³/mol. The minimum absolute atomic E-state index is 0.390. The molecule has 0 aromatic heterocycles.